The molecule has 11 heteroatoms. The second-order valence-electron chi connectivity index (χ2n) is 11.8. The van der Waals surface area contributed by atoms with Gasteiger partial charge in [0.1, 0.15) is 34.7 Å². The molecule has 2 aliphatic heterocycles. The number of rotatable bonds is 11. The van der Waals surface area contributed by atoms with Crippen molar-refractivity contribution < 1.29 is 23.9 Å². The van der Waals surface area contributed by atoms with Crippen LogP contribution < -0.4 is 14.8 Å². The largest absolute Gasteiger partial charge is 0.497 e. The molecule has 0 aliphatic carbocycles. The van der Waals surface area contributed by atoms with Crippen molar-refractivity contribution >= 4 is 17.6 Å². The number of hydroxylamine groups is 2. The number of nitriles is 1. The van der Waals surface area contributed by atoms with Gasteiger partial charge in [-0.2, -0.15) is 10.4 Å². The van der Waals surface area contributed by atoms with Crippen LogP contribution in [0.1, 0.15) is 75.7 Å². The van der Waals surface area contributed by atoms with Crippen molar-refractivity contribution in [2.45, 2.75) is 58.9 Å². The zero-order valence-corrected chi connectivity index (χ0v) is 25.0. The van der Waals surface area contributed by atoms with Gasteiger partial charge in [-0.1, -0.05) is 0 Å². The van der Waals surface area contributed by atoms with Crippen LogP contribution in [0.4, 0.5) is 5.82 Å². The first-order valence-electron chi connectivity index (χ1n) is 14.2. The summed E-state index contributed by atoms with van der Waals surface area (Å²) in [5.74, 6) is 0.406. The van der Waals surface area contributed by atoms with Crippen LogP contribution in [0.5, 0.6) is 11.5 Å². The number of nitrogens with one attached hydrogen (secondary N) is 1. The molecule has 2 fully saturated rings. The molecule has 11 nitrogen and oxygen atoms in total. The van der Waals surface area contributed by atoms with Gasteiger partial charge in [-0.05, 0) is 77.7 Å². The Balaban J connectivity index is 1.71. The highest BCUT2D eigenvalue weighted by Gasteiger charge is 2.36. The second-order valence-corrected chi connectivity index (χ2v) is 11.8. The first kappa shape index (κ1) is 30.3. The van der Waals surface area contributed by atoms with Crippen LogP contribution in [0.3, 0.4) is 0 Å². The maximum atomic E-state index is 13.2. The van der Waals surface area contributed by atoms with Crippen LogP contribution >= 0.6 is 0 Å². The lowest BCUT2D eigenvalue weighted by molar-refractivity contribution is -0.195. The van der Waals surface area contributed by atoms with Crippen molar-refractivity contribution in [3.05, 3.63) is 35.0 Å². The van der Waals surface area contributed by atoms with Gasteiger partial charge in [0.15, 0.2) is 0 Å². The number of aromatic nitrogens is 2. The maximum absolute atomic E-state index is 13.2. The Morgan fingerprint density at radius 1 is 1.12 bits per heavy atom. The Hall–Kier alpha value is -3.62. The standard InChI is InChI=1S/C30H42N6O5/c1-20(37)26(21-15-23(39-5)17-24(16-21)40-6)27-25(18-31)28(32-10-14-34-11-7-8-12-34)36(33-27)22-9-13-35(19-22)41-29(38)30(2,3)4/h15-17,22,26,32H,7-14,19H2,1-6H3/t22-,26?/m0/s1. The lowest BCUT2D eigenvalue weighted by Crippen LogP contribution is -2.32. The van der Waals surface area contributed by atoms with Gasteiger partial charge in [0.2, 0.25) is 0 Å². The molecule has 1 N–H and O–H groups in total. The molecule has 0 amide bonds. The fourth-order valence-electron chi connectivity index (χ4n) is 5.37. The van der Waals surface area contributed by atoms with Gasteiger partial charge in [-0.25, -0.2) is 9.48 Å². The summed E-state index contributed by atoms with van der Waals surface area (Å²) in [6.45, 7) is 11.5. The highest BCUT2D eigenvalue weighted by Crippen LogP contribution is 2.37. The van der Waals surface area contributed by atoms with Gasteiger partial charge in [0, 0.05) is 25.7 Å². The normalized spacial score (nSPS) is 18.6. The fraction of sp³-hybridized carbons (Fsp3) is 0.600. The first-order valence-corrected chi connectivity index (χ1v) is 14.2. The number of ether oxygens (including phenoxy) is 2. The molecule has 2 saturated heterocycles. The van der Waals surface area contributed by atoms with Gasteiger partial charge in [0.25, 0.3) is 0 Å². The second kappa shape index (κ2) is 12.9. The molecule has 1 aromatic carbocycles. The van der Waals surface area contributed by atoms with E-state index in [0.29, 0.717) is 60.2 Å². The molecule has 0 radical (unpaired) electrons. The van der Waals surface area contributed by atoms with Crippen LogP contribution in [-0.4, -0.2) is 85.0 Å². The van der Waals surface area contributed by atoms with Crippen molar-refractivity contribution in [3.63, 3.8) is 0 Å². The van der Waals surface area contributed by atoms with E-state index in [2.05, 4.69) is 16.3 Å². The summed E-state index contributed by atoms with van der Waals surface area (Å²) in [7, 11) is 3.11. The summed E-state index contributed by atoms with van der Waals surface area (Å²) < 4.78 is 12.7. The van der Waals surface area contributed by atoms with Gasteiger partial charge < -0.3 is 24.5 Å². The van der Waals surface area contributed by atoms with E-state index in [1.807, 2.05) is 25.5 Å². The molecule has 2 aromatic rings. The SMILES string of the molecule is COc1cc(OC)cc(C(C(C)=O)c2nn([C@H]3CCN(OC(=O)C(C)(C)C)C3)c(NCCN3CCCC3)c2C#N)c1. The van der Waals surface area contributed by atoms with E-state index >= 15 is 0 Å². The number of carbonyl (C=O) groups is 2. The van der Waals surface area contributed by atoms with Crippen LogP contribution in [0.15, 0.2) is 18.2 Å². The van der Waals surface area contributed by atoms with Gasteiger partial charge in [-0.3, -0.25) is 4.79 Å². The van der Waals surface area contributed by atoms with Crippen molar-refractivity contribution in [1.82, 2.24) is 19.7 Å². The highest BCUT2D eigenvalue weighted by molar-refractivity contribution is 5.88. The van der Waals surface area contributed by atoms with Gasteiger partial charge in [-0.15, -0.1) is 5.06 Å². The molecule has 0 saturated carbocycles. The third-order valence-electron chi connectivity index (χ3n) is 7.65. The van der Waals surface area contributed by atoms with E-state index in [1.54, 1.807) is 37.5 Å². The van der Waals surface area contributed by atoms with E-state index in [4.69, 9.17) is 19.4 Å². The Morgan fingerprint density at radius 2 is 1.78 bits per heavy atom. The zero-order valence-electron chi connectivity index (χ0n) is 25.0. The summed E-state index contributed by atoms with van der Waals surface area (Å²) in [5, 5.41) is 20.5. The minimum Gasteiger partial charge on any atom is -0.497 e. The molecule has 1 aromatic heterocycles. The van der Waals surface area contributed by atoms with E-state index in [0.717, 1.165) is 19.6 Å². The molecule has 1 unspecified atom stereocenters. The average Bonchev–Trinajstić information content (AvgIpc) is 3.69. The van der Waals surface area contributed by atoms with Crippen LogP contribution in [-0.2, 0) is 14.4 Å². The molecule has 222 valence electrons. The number of benzene rings is 1. The molecule has 0 bridgehead atoms. The summed E-state index contributed by atoms with van der Waals surface area (Å²) in [5.41, 5.74) is 0.716. The quantitative estimate of drug-likeness (QED) is 0.430. The molecular formula is C30H42N6O5. The van der Waals surface area contributed by atoms with Crippen LogP contribution in [0.25, 0.3) is 0 Å². The number of nitrogens with zero attached hydrogens (tertiary/aromatic N) is 5. The number of methoxy groups -OCH3 is 2. The van der Waals surface area contributed by atoms with E-state index in [1.165, 1.54) is 19.8 Å². The number of Topliss-reactive ketones (excluding diaryl/α,β-unsaturated/α-hetero) is 1. The summed E-state index contributed by atoms with van der Waals surface area (Å²) >= 11 is 0. The van der Waals surface area contributed by atoms with Gasteiger partial charge in [0.05, 0.1) is 43.8 Å². The first-order chi connectivity index (χ1) is 19.5. The predicted octanol–water partition coefficient (Wildman–Crippen LogP) is 3.75. The predicted molar refractivity (Wildman–Crippen MR) is 154 cm³/mol. The number of likely N-dealkylation sites (tertiary alicyclic amines) is 1. The lowest BCUT2D eigenvalue weighted by Gasteiger charge is -2.22. The summed E-state index contributed by atoms with van der Waals surface area (Å²) in [6.07, 6.45) is 3.06. The van der Waals surface area contributed by atoms with E-state index in [9.17, 15) is 14.9 Å². The molecule has 0 spiro atoms. The highest BCUT2D eigenvalue weighted by atomic mass is 16.7. The number of carbonyl (C=O) groups excluding carboxylic acids is 2. The molecular weight excluding hydrogens is 524 g/mol. The average molecular weight is 567 g/mol. The smallest absolute Gasteiger partial charge is 0.330 e. The lowest BCUT2D eigenvalue weighted by atomic mass is 9.89. The Labute approximate surface area is 242 Å². The Morgan fingerprint density at radius 3 is 2.34 bits per heavy atom. The van der Waals surface area contributed by atoms with Crippen molar-refractivity contribution in [2.24, 2.45) is 5.41 Å². The molecule has 2 atom stereocenters. The van der Waals surface area contributed by atoms with E-state index < -0.39 is 11.3 Å². The summed E-state index contributed by atoms with van der Waals surface area (Å²) in [4.78, 5) is 33.8. The third-order valence-corrected chi connectivity index (χ3v) is 7.65. The van der Waals surface area contributed by atoms with Crippen molar-refractivity contribution in [2.75, 3.05) is 58.8 Å². The van der Waals surface area contributed by atoms with Crippen molar-refractivity contribution in [3.8, 4) is 17.6 Å². The Bertz CT molecular complexity index is 1270. The third kappa shape index (κ3) is 7.00. The Kier molecular flexibility index (Phi) is 9.56. The fourth-order valence-corrected chi connectivity index (χ4v) is 5.37. The monoisotopic (exact) mass is 566 g/mol. The van der Waals surface area contributed by atoms with Crippen LogP contribution in [0.2, 0.25) is 0 Å². The van der Waals surface area contributed by atoms with Crippen molar-refractivity contribution in [1.29, 1.82) is 5.26 Å². The molecule has 4 rings (SSSR count). The molecule has 3 heterocycles. The maximum Gasteiger partial charge on any atom is 0.330 e. The van der Waals surface area contributed by atoms with Crippen LogP contribution in [0, 0.1) is 16.7 Å². The topological polar surface area (TPSA) is 122 Å². The van der Waals surface area contributed by atoms with Gasteiger partial charge >= 0.3 is 5.97 Å². The minimum absolute atomic E-state index is 0.155. The number of hydrogen-bond acceptors (Lipinski definition) is 10. The number of anilines is 1. The number of ketones is 1. The number of hydrogen-bond donors (Lipinski definition) is 1. The minimum atomic E-state index is -0.801. The zero-order chi connectivity index (χ0) is 29.7. The molecule has 2 aliphatic rings. The van der Waals surface area contributed by atoms with E-state index in [-0.39, 0.29) is 17.8 Å². The molecule has 41 heavy (non-hydrogen) atoms. The summed E-state index contributed by atoms with van der Waals surface area (Å²) in [6, 6.07) is 7.47.